The van der Waals surface area contributed by atoms with Crippen LogP contribution in [0.1, 0.15) is 16.6 Å². The monoisotopic (exact) mass is 505 g/mol. The van der Waals surface area contributed by atoms with Crippen LogP contribution in [0.15, 0.2) is 51.9 Å². The summed E-state index contributed by atoms with van der Waals surface area (Å²) in [4.78, 5) is 28.9. The molecule has 2 heterocycles. The smallest absolute Gasteiger partial charge is 0.289 e. The minimum Gasteiger partial charge on any atom is -0.380 e. The maximum absolute atomic E-state index is 12.9. The highest BCUT2D eigenvalue weighted by atomic mass is 79.9. The van der Waals surface area contributed by atoms with Gasteiger partial charge in [-0.25, -0.2) is 0 Å². The number of amides is 1. The van der Waals surface area contributed by atoms with Crippen LogP contribution in [-0.4, -0.2) is 28.6 Å². The average molecular weight is 506 g/mol. The SMILES string of the molecule is CCOCCn1c(=NC(=O)c2cc3cc([N+](=O)[O-])ccc3s2)sc2cc(Br)ccc21. The third-order valence-corrected chi connectivity index (χ3v) is 7.07. The quantitative estimate of drug-likeness (QED) is 0.200. The molecule has 0 aliphatic rings. The van der Waals surface area contributed by atoms with Gasteiger partial charge in [-0.1, -0.05) is 27.3 Å². The molecule has 0 atom stereocenters. The number of thiazole rings is 1. The first-order valence-electron chi connectivity index (χ1n) is 9.10. The first-order valence-corrected chi connectivity index (χ1v) is 11.5. The zero-order valence-electron chi connectivity index (χ0n) is 15.8. The number of aromatic nitrogens is 1. The third kappa shape index (κ3) is 4.22. The number of ether oxygens (including phenoxy) is 1. The highest BCUT2D eigenvalue weighted by Crippen LogP contribution is 2.29. The van der Waals surface area contributed by atoms with Gasteiger partial charge in [-0.3, -0.25) is 14.9 Å². The molecule has 0 aliphatic heterocycles. The molecule has 0 saturated carbocycles. The number of carbonyl (C=O) groups excluding carboxylic acids is 1. The number of hydrogen-bond donors (Lipinski definition) is 0. The van der Waals surface area contributed by atoms with E-state index in [0.717, 1.165) is 19.4 Å². The van der Waals surface area contributed by atoms with Gasteiger partial charge in [0.25, 0.3) is 11.6 Å². The summed E-state index contributed by atoms with van der Waals surface area (Å²) < 4.78 is 10.3. The molecule has 2 aromatic heterocycles. The number of nitro groups is 1. The number of non-ortho nitro benzene ring substituents is 1. The Hall–Kier alpha value is -2.40. The van der Waals surface area contributed by atoms with E-state index in [-0.39, 0.29) is 11.6 Å². The van der Waals surface area contributed by atoms with E-state index in [1.54, 1.807) is 12.1 Å². The van der Waals surface area contributed by atoms with E-state index < -0.39 is 4.92 Å². The molecular formula is C20H16BrN3O4S2. The highest BCUT2D eigenvalue weighted by molar-refractivity contribution is 9.10. The number of fused-ring (bicyclic) bond motifs is 2. The van der Waals surface area contributed by atoms with Crippen molar-refractivity contribution in [2.24, 2.45) is 4.99 Å². The summed E-state index contributed by atoms with van der Waals surface area (Å²) in [5.74, 6) is -0.366. The predicted molar refractivity (Wildman–Crippen MR) is 122 cm³/mol. The number of nitro benzene ring substituents is 1. The van der Waals surface area contributed by atoms with Crippen LogP contribution in [0.25, 0.3) is 20.3 Å². The van der Waals surface area contributed by atoms with Crippen molar-refractivity contribution in [3.05, 3.63) is 66.7 Å². The fraction of sp³-hybridized carbons (Fsp3) is 0.200. The maximum Gasteiger partial charge on any atom is 0.289 e. The van der Waals surface area contributed by atoms with Gasteiger partial charge in [0.05, 0.1) is 26.6 Å². The fourth-order valence-electron chi connectivity index (χ4n) is 3.04. The molecule has 1 amide bonds. The van der Waals surface area contributed by atoms with Crippen molar-refractivity contribution in [1.29, 1.82) is 0 Å². The number of rotatable bonds is 6. The topological polar surface area (TPSA) is 86.7 Å². The van der Waals surface area contributed by atoms with Crippen molar-refractivity contribution in [3.63, 3.8) is 0 Å². The molecule has 2 aromatic carbocycles. The van der Waals surface area contributed by atoms with Gasteiger partial charge in [-0.05, 0) is 37.3 Å². The molecule has 0 aliphatic carbocycles. The van der Waals surface area contributed by atoms with Crippen LogP contribution in [0.5, 0.6) is 0 Å². The largest absolute Gasteiger partial charge is 0.380 e. The number of hydrogen-bond acceptors (Lipinski definition) is 6. The molecule has 0 spiro atoms. The number of halogens is 1. The van der Waals surface area contributed by atoms with Crippen LogP contribution in [0.2, 0.25) is 0 Å². The van der Waals surface area contributed by atoms with Crippen molar-refractivity contribution >= 4 is 70.5 Å². The molecule has 0 saturated heterocycles. The van der Waals surface area contributed by atoms with Gasteiger partial charge < -0.3 is 9.30 Å². The second-order valence-electron chi connectivity index (χ2n) is 6.35. The molecule has 0 radical (unpaired) electrons. The normalized spacial score (nSPS) is 12.1. The van der Waals surface area contributed by atoms with Crippen molar-refractivity contribution in [1.82, 2.24) is 4.57 Å². The zero-order valence-corrected chi connectivity index (χ0v) is 19.1. The summed E-state index contributed by atoms with van der Waals surface area (Å²) in [6, 6.07) is 12.2. The molecule has 0 bridgehead atoms. The van der Waals surface area contributed by atoms with Gasteiger partial charge in [-0.15, -0.1) is 11.3 Å². The zero-order chi connectivity index (χ0) is 21.3. The number of thiophene rings is 1. The summed E-state index contributed by atoms with van der Waals surface area (Å²) in [7, 11) is 0. The molecule has 4 aromatic rings. The Kier molecular flexibility index (Phi) is 6.09. The van der Waals surface area contributed by atoms with Crippen molar-refractivity contribution < 1.29 is 14.5 Å². The lowest BCUT2D eigenvalue weighted by atomic mass is 10.2. The first-order chi connectivity index (χ1) is 14.5. The molecule has 10 heteroatoms. The molecule has 154 valence electrons. The second-order valence-corrected chi connectivity index (χ2v) is 9.36. The molecular weight excluding hydrogens is 490 g/mol. The summed E-state index contributed by atoms with van der Waals surface area (Å²) >= 11 is 6.20. The van der Waals surface area contributed by atoms with Crippen LogP contribution in [0.4, 0.5) is 5.69 Å². The maximum atomic E-state index is 12.9. The Morgan fingerprint density at radius 3 is 2.80 bits per heavy atom. The van der Waals surface area contributed by atoms with Crippen LogP contribution in [-0.2, 0) is 11.3 Å². The van der Waals surface area contributed by atoms with E-state index in [2.05, 4.69) is 20.9 Å². The van der Waals surface area contributed by atoms with Crippen LogP contribution in [0, 0.1) is 10.1 Å². The van der Waals surface area contributed by atoms with Crippen LogP contribution >= 0.6 is 38.6 Å². The highest BCUT2D eigenvalue weighted by Gasteiger charge is 2.14. The molecule has 4 rings (SSSR count). The molecule has 0 unspecified atom stereocenters. The van der Waals surface area contributed by atoms with Gasteiger partial charge in [-0.2, -0.15) is 4.99 Å². The van der Waals surface area contributed by atoms with E-state index in [9.17, 15) is 14.9 Å². The van der Waals surface area contributed by atoms with Crippen molar-refractivity contribution in [2.75, 3.05) is 13.2 Å². The molecule has 0 fully saturated rings. The lowest BCUT2D eigenvalue weighted by Crippen LogP contribution is -2.19. The molecule has 30 heavy (non-hydrogen) atoms. The van der Waals surface area contributed by atoms with Crippen molar-refractivity contribution in [2.45, 2.75) is 13.5 Å². The summed E-state index contributed by atoms with van der Waals surface area (Å²) in [5.41, 5.74) is 0.988. The first kappa shape index (κ1) is 20.9. The molecule has 0 N–H and O–H groups in total. The Labute approximate surface area is 187 Å². The van der Waals surface area contributed by atoms with E-state index in [0.29, 0.717) is 34.8 Å². The standard InChI is InChI=1S/C20H16BrN3O4S2/c1-2-28-8-7-23-15-5-3-13(21)11-17(15)30-20(23)22-19(25)18-10-12-9-14(24(26)27)4-6-16(12)29-18/h3-6,9-11H,2,7-8H2,1H3. The van der Waals surface area contributed by atoms with Gasteiger partial charge in [0.2, 0.25) is 0 Å². The fourth-order valence-corrected chi connectivity index (χ4v) is 5.57. The predicted octanol–water partition coefficient (Wildman–Crippen LogP) is 5.37. The summed E-state index contributed by atoms with van der Waals surface area (Å²) in [6.45, 7) is 3.66. The minimum atomic E-state index is -0.445. The summed E-state index contributed by atoms with van der Waals surface area (Å²) in [5, 5.41) is 11.7. The van der Waals surface area contributed by atoms with E-state index in [1.807, 2.05) is 29.7 Å². The number of benzene rings is 2. The summed E-state index contributed by atoms with van der Waals surface area (Å²) in [6.07, 6.45) is 0. The van der Waals surface area contributed by atoms with E-state index >= 15 is 0 Å². The number of carbonyl (C=O) groups is 1. The van der Waals surface area contributed by atoms with Crippen LogP contribution in [0.3, 0.4) is 0 Å². The lowest BCUT2D eigenvalue weighted by molar-refractivity contribution is -0.384. The van der Waals surface area contributed by atoms with Gasteiger partial charge in [0.15, 0.2) is 4.80 Å². The van der Waals surface area contributed by atoms with Crippen LogP contribution < -0.4 is 4.80 Å². The lowest BCUT2D eigenvalue weighted by Gasteiger charge is -2.05. The Morgan fingerprint density at radius 1 is 1.20 bits per heavy atom. The Morgan fingerprint density at radius 2 is 2.03 bits per heavy atom. The van der Waals surface area contributed by atoms with Gasteiger partial charge >= 0.3 is 0 Å². The Bertz CT molecular complexity index is 1340. The molecule has 7 nitrogen and oxygen atoms in total. The van der Waals surface area contributed by atoms with Gasteiger partial charge in [0.1, 0.15) is 0 Å². The average Bonchev–Trinajstić information content (AvgIpc) is 3.28. The van der Waals surface area contributed by atoms with E-state index in [4.69, 9.17) is 4.74 Å². The number of nitrogens with zero attached hydrogens (tertiary/aromatic N) is 3. The second kappa shape index (κ2) is 8.76. The van der Waals surface area contributed by atoms with Gasteiger partial charge in [0, 0.05) is 39.8 Å². The van der Waals surface area contributed by atoms with E-state index in [1.165, 1.54) is 34.8 Å². The minimum absolute atomic E-state index is 0.0000806. The Balaban J connectivity index is 1.76. The third-order valence-electron chi connectivity index (χ3n) is 4.43. The van der Waals surface area contributed by atoms with Crippen molar-refractivity contribution in [3.8, 4) is 0 Å².